The van der Waals surface area contributed by atoms with Gasteiger partial charge in [0.15, 0.2) is 0 Å². The van der Waals surface area contributed by atoms with Gasteiger partial charge in [-0.2, -0.15) is 0 Å². The quantitative estimate of drug-likeness (QED) is 0.534. The smallest absolute Gasteiger partial charge is 0.0700 e. The molecule has 3 atom stereocenters. The zero-order chi connectivity index (χ0) is 14.7. The summed E-state index contributed by atoms with van der Waals surface area (Å²) < 4.78 is 0. The maximum Gasteiger partial charge on any atom is 0.0700 e. The van der Waals surface area contributed by atoms with Gasteiger partial charge in [0.2, 0.25) is 0 Å². The van der Waals surface area contributed by atoms with Gasteiger partial charge in [0.05, 0.1) is 11.6 Å². The van der Waals surface area contributed by atoms with Crippen molar-refractivity contribution in [2.24, 2.45) is 0 Å². The largest absolute Gasteiger partial charge is 0.282 e. The molecule has 0 aliphatic carbocycles. The van der Waals surface area contributed by atoms with Crippen LogP contribution >= 0.6 is 0 Å². The Morgan fingerprint density at radius 3 is 2.24 bits per heavy atom. The highest BCUT2D eigenvalue weighted by atomic mass is 15.4. The second-order valence-electron chi connectivity index (χ2n) is 5.79. The number of nitrogens with zero attached hydrogens (tertiary/aromatic N) is 1. The lowest BCUT2D eigenvalue weighted by Gasteiger charge is -2.16. The summed E-state index contributed by atoms with van der Waals surface area (Å²) in [6, 6.07) is 22.2. The third-order valence-corrected chi connectivity index (χ3v) is 4.52. The van der Waals surface area contributed by atoms with Gasteiger partial charge in [0, 0.05) is 0 Å². The molecule has 1 fully saturated rings. The number of hydrogen-bond acceptors (Lipinski definition) is 1. The lowest BCUT2D eigenvalue weighted by Crippen LogP contribution is -2.16. The molecule has 1 aliphatic heterocycles. The highest BCUT2D eigenvalue weighted by Crippen LogP contribution is 2.62. The Morgan fingerprint density at radius 1 is 1.05 bits per heavy atom. The van der Waals surface area contributed by atoms with E-state index in [1.54, 1.807) is 0 Å². The van der Waals surface area contributed by atoms with Gasteiger partial charge >= 0.3 is 0 Å². The minimum Gasteiger partial charge on any atom is -0.282 e. The van der Waals surface area contributed by atoms with Crippen LogP contribution in [0.4, 0.5) is 0 Å². The molecule has 21 heavy (non-hydrogen) atoms. The molecular formula is C20H23N. The van der Waals surface area contributed by atoms with E-state index >= 15 is 0 Å². The average Bonchev–Trinajstić information content (AvgIpc) is 3.18. The molecule has 0 spiro atoms. The van der Waals surface area contributed by atoms with Crippen LogP contribution in [0.1, 0.15) is 36.9 Å². The lowest BCUT2D eigenvalue weighted by molar-refractivity contribution is 0.407. The van der Waals surface area contributed by atoms with Crippen molar-refractivity contribution in [2.75, 3.05) is 6.54 Å². The fraction of sp³-hybridized carbons (Fsp3) is 0.300. The molecule has 1 nitrogen and oxygen atoms in total. The van der Waals surface area contributed by atoms with Gasteiger partial charge in [-0.3, -0.25) is 4.90 Å². The Morgan fingerprint density at radius 2 is 1.67 bits per heavy atom. The Kier molecular flexibility index (Phi) is 3.94. The zero-order valence-electron chi connectivity index (χ0n) is 12.7. The summed E-state index contributed by atoms with van der Waals surface area (Å²) in [5.41, 5.74) is 2.92. The van der Waals surface area contributed by atoms with E-state index in [0.29, 0.717) is 6.04 Å². The highest BCUT2D eigenvalue weighted by molar-refractivity contribution is 5.42. The van der Waals surface area contributed by atoms with Crippen molar-refractivity contribution in [1.29, 1.82) is 0 Å². The molecular weight excluding hydrogens is 254 g/mol. The highest BCUT2D eigenvalue weighted by Gasteiger charge is 2.62. The minimum absolute atomic E-state index is 0.0976. The minimum atomic E-state index is 0.0976. The molecule has 0 bridgehead atoms. The summed E-state index contributed by atoms with van der Waals surface area (Å²) in [5, 5.41) is 0. The summed E-state index contributed by atoms with van der Waals surface area (Å²) >= 11 is 0. The maximum absolute atomic E-state index is 4.01. The van der Waals surface area contributed by atoms with Gasteiger partial charge in [0.1, 0.15) is 0 Å². The SMILES string of the molecule is C=CC[C@@]1(c2ccccc2)[C@H](c2ccccc2)N1CCC. The summed E-state index contributed by atoms with van der Waals surface area (Å²) in [5.74, 6) is 0. The van der Waals surface area contributed by atoms with Crippen LogP contribution in [0.3, 0.4) is 0 Å². The third kappa shape index (κ3) is 2.32. The van der Waals surface area contributed by atoms with E-state index in [4.69, 9.17) is 0 Å². The van der Waals surface area contributed by atoms with Gasteiger partial charge in [-0.05, 0) is 30.5 Å². The van der Waals surface area contributed by atoms with Crippen molar-refractivity contribution in [3.63, 3.8) is 0 Å². The molecule has 2 aromatic rings. The van der Waals surface area contributed by atoms with Crippen molar-refractivity contribution in [2.45, 2.75) is 31.3 Å². The van der Waals surface area contributed by atoms with Gasteiger partial charge in [-0.1, -0.05) is 73.7 Å². The molecule has 0 amide bonds. The normalized spacial score (nSPS) is 27.3. The van der Waals surface area contributed by atoms with Crippen molar-refractivity contribution < 1.29 is 0 Å². The summed E-state index contributed by atoms with van der Waals surface area (Å²) in [6.07, 6.45) is 4.24. The monoisotopic (exact) mass is 277 g/mol. The molecule has 0 radical (unpaired) electrons. The van der Waals surface area contributed by atoms with E-state index < -0.39 is 0 Å². The molecule has 108 valence electrons. The predicted molar refractivity (Wildman–Crippen MR) is 89.1 cm³/mol. The first kappa shape index (κ1) is 14.1. The van der Waals surface area contributed by atoms with E-state index in [-0.39, 0.29) is 5.54 Å². The Hall–Kier alpha value is -1.86. The van der Waals surface area contributed by atoms with Crippen LogP contribution < -0.4 is 0 Å². The second kappa shape index (κ2) is 5.87. The molecule has 1 unspecified atom stereocenters. The van der Waals surface area contributed by atoms with Crippen LogP contribution in [0.5, 0.6) is 0 Å². The van der Waals surface area contributed by atoms with Crippen LogP contribution in [0.2, 0.25) is 0 Å². The topological polar surface area (TPSA) is 3.01 Å². The summed E-state index contributed by atoms with van der Waals surface area (Å²) in [4.78, 5) is 2.62. The third-order valence-electron chi connectivity index (χ3n) is 4.52. The maximum atomic E-state index is 4.01. The van der Waals surface area contributed by atoms with Gasteiger partial charge in [0.25, 0.3) is 0 Å². The lowest BCUT2D eigenvalue weighted by atomic mass is 9.88. The van der Waals surface area contributed by atoms with E-state index in [2.05, 4.69) is 85.1 Å². The Labute approximate surface area is 127 Å². The fourth-order valence-corrected chi connectivity index (χ4v) is 3.67. The number of rotatable bonds is 6. The first-order valence-electron chi connectivity index (χ1n) is 7.82. The Balaban J connectivity index is 2.04. The standard InChI is InChI=1S/C20H23N/c1-3-15-20(18-13-9-6-10-14-18)19(21(20)16-4-2)17-11-7-5-8-12-17/h3,5-14,19H,1,4,15-16H2,2H3/t19-,20+,21?/m0/s1. The van der Waals surface area contributed by atoms with E-state index in [9.17, 15) is 0 Å². The Bertz CT molecular complexity index is 590. The van der Waals surface area contributed by atoms with Crippen molar-refractivity contribution in [1.82, 2.24) is 4.90 Å². The van der Waals surface area contributed by atoms with Gasteiger partial charge < -0.3 is 0 Å². The van der Waals surface area contributed by atoms with Gasteiger partial charge in [-0.25, -0.2) is 0 Å². The molecule has 1 saturated heterocycles. The van der Waals surface area contributed by atoms with Crippen LogP contribution in [-0.4, -0.2) is 11.4 Å². The molecule has 2 aromatic carbocycles. The summed E-state index contributed by atoms with van der Waals surface area (Å²) in [7, 11) is 0. The predicted octanol–water partition coefficient (Wildman–Crippen LogP) is 4.92. The van der Waals surface area contributed by atoms with Crippen LogP contribution in [0, 0.1) is 0 Å². The second-order valence-corrected chi connectivity index (χ2v) is 5.79. The van der Waals surface area contributed by atoms with E-state index in [1.165, 1.54) is 17.5 Å². The van der Waals surface area contributed by atoms with Crippen molar-refractivity contribution in [3.05, 3.63) is 84.4 Å². The van der Waals surface area contributed by atoms with E-state index in [0.717, 1.165) is 13.0 Å². The zero-order valence-corrected chi connectivity index (χ0v) is 12.7. The molecule has 1 heteroatoms. The van der Waals surface area contributed by atoms with E-state index in [1.807, 2.05) is 0 Å². The fourth-order valence-electron chi connectivity index (χ4n) is 3.67. The van der Waals surface area contributed by atoms with Crippen molar-refractivity contribution in [3.8, 4) is 0 Å². The first-order valence-corrected chi connectivity index (χ1v) is 7.82. The van der Waals surface area contributed by atoms with Crippen LogP contribution in [-0.2, 0) is 5.54 Å². The first-order chi connectivity index (χ1) is 10.3. The molecule has 0 saturated carbocycles. The molecule has 3 rings (SSSR count). The molecule has 0 N–H and O–H groups in total. The molecule has 1 aliphatic rings. The van der Waals surface area contributed by atoms with Crippen LogP contribution in [0.25, 0.3) is 0 Å². The number of hydrogen-bond donors (Lipinski definition) is 0. The summed E-state index contributed by atoms with van der Waals surface area (Å²) in [6.45, 7) is 7.39. The number of benzene rings is 2. The van der Waals surface area contributed by atoms with Crippen LogP contribution in [0.15, 0.2) is 73.3 Å². The average molecular weight is 277 g/mol. The molecule has 1 heterocycles. The van der Waals surface area contributed by atoms with Crippen molar-refractivity contribution >= 4 is 0 Å². The molecule has 0 aromatic heterocycles. The van der Waals surface area contributed by atoms with Gasteiger partial charge in [-0.15, -0.1) is 6.58 Å².